The topological polar surface area (TPSA) is 56.7 Å². The molecular formula is C20H31IN4O. The minimum absolute atomic E-state index is 0. The molecule has 1 heterocycles. The van der Waals surface area contributed by atoms with Crippen LogP contribution >= 0.6 is 24.0 Å². The van der Waals surface area contributed by atoms with Gasteiger partial charge in [0.2, 0.25) is 5.91 Å². The predicted octanol–water partition coefficient (Wildman–Crippen LogP) is 2.90. The number of hydrogen-bond acceptors (Lipinski definition) is 2. The first-order valence-electron chi connectivity index (χ1n) is 9.51. The fourth-order valence-electron chi connectivity index (χ4n) is 3.85. The number of piperidine rings is 1. The van der Waals surface area contributed by atoms with E-state index in [0.29, 0.717) is 12.5 Å². The molecule has 0 spiro atoms. The van der Waals surface area contributed by atoms with Gasteiger partial charge in [0.25, 0.3) is 0 Å². The molecule has 1 aromatic carbocycles. The Balaban J connectivity index is 0.00000243. The maximum absolute atomic E-state index is 12.3. The summed E-state index contributed by atoms with van der Waals surface area (Å²) in [4.78, 5) is 18.5. The molecule has 5 nitrogen and oxygen atoms in total. The summed E-state index contributed by atoms with van der Waals surface area (Å²) < 4.78 is 0. The van der Waals surface area contributed by atoms with E-state index in [1.165, 1.54) is 31.2 Å². The number of halogens is 1. The lowest BCUT2D eigenvalue weighted by Crippen LogP contribution is -2.51. The minimum Gasteiger partial charge on any atom is -0.356 e. The fraction of sp³-hybridized carbons (Fsp3) is 0.600. The average molecular weight is 470 g/mol. The van der Waals surface area contributed by atoms with Crippen molar-refractivity contribution >= 4 is 35.8 Å². The van der Waals surface area contributed by atoms with Crippen molar-refractivity contribution in [2.75, 3.05) is 33.2 Å². The number of carbonyl (C=O) groups is 1. The van der Waals surface area contributed by atoms with Gasteiger partial charge in [0.1, 0.15) is 0 Å². The number of benzene rings is 1. The molecule has 1 aromatic rings. The number of rotatable bonds is 5. The molecule has 6 heteroatoms. The molecule has 26 heavy (non-hydrogen) atoms. The molecule has 1 amide bonds. The molecular weight excluding hydrogens is 439 g/mol. The maximum Gasteiger partial charge on any atom is 0.241 e. The van der Waals surface area contributed by atoms with Crippen molar-refractivity contribution < 1.29 is 4.79 Å². The van der Waals surface area contributed by atoms with Crippen LogP contribution in [0.25, 0.3) is 0 Å². The van der Waals surface area contributed by atoms with Crippen LogP contribution in [0.2, 0.25) is 0 Å². The van der Waals surface area contributed by atoms with Crippen molar-refractivity contribution in [2.45, 2.75) is 43.9 Å². The number of likely N-dealkylation sites (tertiary alicyclic amines) is 1. The Morgan fingerprint density at radius 3 is 2.35 bits per heavy atom. The number of guanidine groups is 1. The van der Waals surface area contributed by atoms with Crippen LogP contribution in [-0.4, -0.2) is 50.0 Å². The lowest BCUT2D eigenvalue weighted by atomic mass is 9.64. The quantitative estimate of drug-likeness (QED) is 0.396. The third-order valence-corrected chi connectivity index (χ3v) is 5.63. The first-order chi connectivity index (χ1) is 12.2. The zero-order valence-corrected chi connectivity index (χ0v) is 18.0. The van der Waals surface area contributed by atoms with Crippen LogP contribution in [0.4, 0.5) is 0 Å². The van der Waals surface area contributed by atoms with E-state index in [4.69, 9.17) is 0 Å². The Morgan fingerprint density at radius 1 is 1.08 bits per heavy atom. The molecule has 0 radical (unpaired) electrons. The lowest BCUT2D eigenvalue weighted by Gasteiger charge is -2.43. The predicted molar refractivity (Wildman–Crippen MR) is 117 cm³/mol. The summed E-state index contributed by atoms with van der Waals surface area (Å²) in [6.07, 6.45) is 7.16. The standard InChI is InChI=1S/C20H30N4O.HI/c1-21-19(22-15-18(25)24-13-6-3-7-14-24)23-16-20(11-8-12-20)17-9-4-2-5-10-17;/h2,4-5,9-10H,3,6-8,11-16H2,1H3,(H2,21,22,23);1H. The number of amides is 1. The number of nitrogens with zero attached hydrogens (tertiary/aromatic N) is 2. The van der Waals surface area contributed by atoms with Crippen molar-refractivity contribution in [3.63, 3.8) is 0 Å². The first kappa shape index (κ1) is 21.0. The van der Waals surface area contributed by atoms with Gasteiger partial charge in [-0.2, -0.15) is 0 Å². The van der Waals surface area contributed by atoms with Gasteiger partial charge in [-0.05, 0) is 37.7 Å². The summed E-state index contributed by atoms with van der Waals surface area (Å²) >= 11 is 0. The van der Waals surface area contributed by atoms with Gasteiger partial charge in [0, 0.05) is 32.1 Å². The Kier molecular flexibility index (Phi) is 8.18. The summed E-state index contributed by atoms with van der Waals surface area (Å²) in [5.41, 5.74) is 1.60. The van der Waals surface area contributed by atoms with Crippen LogP contribution < -0.4 is 10.6 Å². The Hall–Kier alpha value is -1.31. The largest absolute Gasteiger partial charge is 0.356 e. The fourth-order valence-corrected chi connectivity index (χ4v) is 3.85. The Morgan fingerprint density at radius 2 is 1.77 bits per heavy atom. The molecule has 3 rings (SSSR count). The molecule has 1 saturated carbocycles. The molecule has 0 aromatic heterocycles. The number of hydrogen-bond donors (Lipinski definition) is 2. The second-order valence-corrected chi connectivity index (χ2v) is 7.22. The molecule has 0 unspecified atom stereocenters. The van der Waals surface area contributed by atoms with Crippen LogP contribution in [0.15, 0.2) is 35.3 Å². The van der Waals surface area contributed by atoms with Crippen LogP contribution in [0, 0.1) is 0 Å². The summed E-state index contributed by atoms with van der Waals surface area (Å²) in [5.74, 6) is 0.886. The summed E-state index contributed by atoms with van der Waals surface area (Å²) in [5, 5.41) is 6.62. The van der Waals surface area contributed by atoms with Crippen molar-refractivity contribution in [2.24, 2.45) is 4.99 Å². The third kappa shape index (κ3) is 5.11. The highest BCUT2D eigenvalue weighted by Crippen LogP contribution is 2.43. The van der Waals surface area contributed by atoms with Gasteiger partial charge >= 0.3 is 0 Å². The van der Waals surface area contributed by atoms with Crippen molar-refractivity contribution in [3.8, 4) is 0 Å². The molecule has 1 saturated heterocycles. The number of nitrogens with one attached hydrogen (secondary N) is 2. The number of aliphatic imine (C=N–C) groups is 1. The second kappa shape index (κ2) is 10.1. The maximum atomic E-state index is 12.3. The van der Waals surface area contributed by atoms with E-state index in [1.54, 1.807) is 7.05 Å². The van der Waals surface area contributed by atoms with E-state index in [-0.39, 0.29) is 35.3 Å². The van der Waals surface area contributed by atoms with E-state index < -0.39 is 0 Å². The van der Waals surface area contributed by atoms with Crippen molar-refractivity contribution in [3.05, 3.63) is 35.9 Å². The highest BCUT2D eigenvalue weighted by molar-refractivity contribution is 14.0. The zero-order chi connectivity index (χ0) is 17.5. The molecule has 2 N–H and O–H groups in total. The zero-order valence-electron chi connectivity index (χ0n) is 15.7. The first-order valence-corrected chi connectivity index (χ1v) is 9.51. The smallest absolute Gasteiger partial charge is 0.241 e. The van der Waals surface area contributed by atoms with E-state index in [2.05, 4.69) is 46.0 Å². The SMILES string of the molecule is CN=C(NCC(=O)N1CCCCC1)NCC1(c2ccccc2)CCC1.I. The highest BCUT2D eigenvalue weighted by Gasteiger charge is 2.38. The summed E-state index contributed by atoms with van der Waals surface area (Å²) in [6, 6.07) is 10.7. The summed E-state index contributed by atoms with van der Waals surface area (Å²) in [6.45, 7) is 2.96. The molecule has 1 aliphatic heterocycles. The van der Waals surface area contributed by atoms with Gasteiger partial charge in [0.15, 0.2) is 5.96 Å². The lowest BCUT2D eigenvalue weighted by molar-refractivity contribution is -0.130. The highest BCUT2D eigenvalue weighted by atomic mass is 127. The van der Waals surface area contributed by atoms with Gasteiger partial charge in [-0.25, -0.2) is 0 Å². The Bertz CT molecular complexity index is 595. The minimum atomic E-state index is 0. The molecule has 0 bridgehead atoms. The number of carbonyl (C=O) groups excluding carboxylic acids is 1. The van der Waals surface area contributed by atoms with Gasteiger partial charge in [-0.15, -0.1) is 24.0 Å². The van der Waals surface area contributed by atoms with E-state index in [1.807, 2.05) is 4.90 Å². The van der Waals surface area contributed by atoms with Crippen molar-refractivity contribution in [1.82, 2.24) is 15.5 Å². The third-order valence-electron chi connectivity index (χ3n) is 5.63. The van der Waals surface area contributed by atoms with E-state index >= 15 is 0 Å². The molecule has 144 valence electrons. The van der Waals surface area contributed by atoms with Gasteiger partial charge < -0.3 is 15.5 Å². The molecule has 2 aliphatic rings. The average Bonchev–Trinajstić information content (AvgIpc) is 2.64. The monoisotopic (exact) mass is 470 g/mol. The summed E-state index contributed by atoms with van der Waals surface area (Å²) in [7, 11) is 1.76. The van der Waals surface area contributed by atoms with Gasteiger partial charge in [-0.1, -0.05) is 36.8 Å². The Labute approximate surface area is 174 Å². The molecule has 1 aliphatic carbocycles. The van der Waals surface area contributed by atoms with E-state index in [0.717, 1.165) is 32.5 Å². The van der Waals surface area contributed by atoms with Gasteiger partial charge in [-0.3, -0.25) is 9.79 Å². The normalized spacial score (nSPS) is 19.1. The van der Waals surface area contributed by atoms with Crippen LogP contribution in [-0.2, 0) is 10.2 Å². The van der Waals surface area contributed by atoms with E-state index in [9.17, 15) is 4.79 Å². The van der Waals surface area contributed by atoms with Gasteiger partial charge in [0.05, 0.1) is 6.54 Å². The van der Waals surface area contributed by atoms with Crippen LogP contribution in [0.3, 0.4) is 0 Å². The van der Waals surface area contributed by atoms with Crippen LogP contribution in [0.1, 0.15) is 44.1 Å². The van der Waals surface area contributed by atoms with Crippen molar-refractivity contribution in [1.29, 1.82) is 0 Å². The molecule has 0 atom stereocenters. The second-order valence-electron chi connectivity index (χ2n) is 7.22. The van der Waals surface area contributed by atoms with Crippen LogP contribution in [0.5, 0.6) is 0 Å². The molecule has 2 fully saturated rings.